The molecular weight excluding hydrogens is 450 g/mol. The molecule has 0 bridgehead atoms. The number of halogens is 2. The van der Waals surface area contributed by atoms with E-state index in [0.717, 1.165) is 29.7 Å². The summed E-state index contributed by atoms with van der Waals surface area (Å²) in [6.07, 6.45) is 1.81. The SMILES string of the molecule is CN(C)c1ccc(NC(=O)C2CC2)cc1CN(Cc1ccc(F)cc1)C(=O)Nc1cccc(F)c1. The maximum absolute atomic E-state index is 13.7. The fourth-order valence-electron chi connectivity index (χ4n) is 3.80. The molecule has 1 fully saturated rings. The molecule has 0 atom stereocenters. The molecule has 0 saturated heterocycles. The molecule has 0 heterocycles. The predicted molar refractivity (Wildman–Crippen MR) is 133 cm³/mol. The fraction of sp³-hybridized carbons (Fsp3) is 0.259. The number of rotatable bonds is 8. The first-order chi connectivity index (χ1) is 16.8. The number of nitrogens with zero attached hydrogens (tertiary/aromatic N) is 2. The second-order valence-corrected chi connectivity index (χ2v) is 8.92. The van der Waals surface area contributed by atoms with Crippen molar-refractivity contribution in [2.45, 2.75) is 25.9 Å². The van der Waals surface area contributed by atoms with Crippen molar-refractivity contribution in [2.75, 3.05) is 29.6 Å². The Hall–Kier alpha value is -3.94. The van der Waals surface area contributed by atoms with Gasteiger partial charge in [0.15, 0.2) is 0 Å². The maximum atomic E-state index is 13.7. The monoisotopic (exact) mass is 478 g/mol. The normalized spacial score (nSPS) is 12.7. The van der Waals surface area contributed by atoms with Gasteiger partial charge in [-0.15, -0.1) is 0 Å². The Morgan fingerprint density at radius 3 is 2.23 bits per heavy atom. The van der Waals surface area contributed by atoms with Gasteiger partial charge in [-0.25, -0.2) is 13.6 Å². The van der Waals surface area contributed by atoms with Gasteiger partial charge in [-0.3, -0.25) is 4.79 Å². The lowest BCUT2D eigenvalue weighted by molar-refractivity contribution is -0.117. The van der Waals surface area contributed by atoms with E-state index in [0.29, 0.717) is 11.4 Å². The highest BCUT2D eigenvalue weighted by molar-refractivity contribution is 5.94. The molecule has 182 valence electrons. The largest absolute Gasteiger partial charge is 0.377 e. The van der Waals surface area contributed by atoms with E-state index < -0.39 is 11.8 Å². The summed E-state index contributed by atoms with van der Waals surface area (Å²) in [5, 5.41) is 5.70. The number of amides is 3. The predicted octanol–water partition coefficient (Wildman–Crippen LogP) is 5.61. The van der Waals surface area contributed by atoms with E-state index in [1.165, 1.54) is 30.3 Å². The molecule has 2 N–H and O–H groups in total. The molecule has 0 radical (unpaired) electrons. The van der Waals surface area contributed by atoms with E-state index in [9.17, 15) is 18.4 Å². The average molecular weight is 479 g/mol. The van der Waals surface area contributed by atoms with Crippen LogP contribution >= 0.6 is 0 Å². The van der Waals surface area contributed by atoms with Crippen LogP contribution in [0, 0.1) is 17.6 Å². The Balaban J connectivity index is 1.61. The van der Waals surface area contributed by atoms with E-state index in [-0.39, 0.29) is 30.7 Å². The first kappa shape index (κ1) is 24.2. The standard InChI is InChI=1S/C27H28F2N4O2/c1-32(2)25-13-12-24(30-26(34)19-8-9-19)14-20(25)17-33(16-18-6-10-21(28)11-7-18)27(35)31-23-5-3-4-22(29)15-23/h3-7,10-15,19H,8-9,16-17H2,1-2H3,(H,30,34)(H,31,35). The average Bonchev–Trinajstić information content (AvgIpc) is 3.66. The third-order valence-corrected chi connectivity index (χ3v) is 5.79. The number of nitrogens with one attached hydrogen (secondary N) is 2. The van der Waals surface area contributed by atoms with Gasteiger partial charge in [-0.2, -0.15) is 0 Å². The van der Waals surface area contributed by atoms with Gasteiger partial charge in [0, 0.05) is 50.2 Å². The van der Waals surface area contributed by atoms with Crippen LogP contribution in [-0.4, -0.2) is 30.9 Å². The van der Waals surface area contributed by atoms with Crippen LogP contribution in [0.5, 0.6) is 0 Å². The van der Waals surface area contributed by atoms with Crippen LogP contribution < -0.4 is 15.5 Å². The summed E-state index contributed by atoms with van der Waals surface area (Å²) in [6, 6.07) is 16.8. The number of hydrogen-bond acceptors (Lipinski definition) is 3. The minimum atomic E-state index is -0.457. The van der Waals surface area contributed by atoms with Gasteiger partial charge >= 0.3 is 6.03 Å². The van der Waals surface area contributed by atoms with Crippen molar-refractivity contribution < 1.29 is 18.4 Å². The Morgan fingerprint density at radius 1 is 0.857 bits per heavy atom. The van der Waals surface area contributed by atoms with Gasteiger partial charge < -0.3 is 20.4 Å². The summed E-state index contributed by atoms with van der Waals surface area (Å²) < 4.78 is 27.1. The minimum absolute atomic E-state index is 0.000527. The number of carbonyl (C=O) groups excluding carboxylic acids is 2. The molecule has 3 amide bonds. The van der Waals surface area contributed by atoms with Gasteiger partial charge in [0.05, 0.1) is 0 Å². The van der Waals surface area contributed by atoms with Crippen molar-refractivity contribution in [2.24, 2.45) is 5.92 Å². The topological polar surface area (TPSA) is 64.7 Å². The molecule has 0 spiro atoms. The van der Waals surface area contributed by atoms with Crippen molar-refractivity contribution in [1.29, 1.82) is 0 Å². The second-order valence-electron chi connectivity index (χ2n) is 8.92. The van der Waals surface area contributed by atoms with Gasteiger partial charge in [-0.1, -0.05) is 18.2 Å². The lowest BCUT2D eigenvalue weighted by Crippen LogP contribution is -2.34. The Labute approximate surface area is 203 Å². The van der Waals surface area contributed by atoms with Gasteiger partial charge in [-0.05, 0) is 72.5 Å². The zero-order valence-electron chi connectivity index (χ0n) is 19.7. The number of urea groups is 1. The molecule has 3 aromatic rings. The number of carbonyl (C=O) groups is 2. The van der Waals surface area contributed by atoms with Crippen LogP contribution in [-0.2, 0) is 17.9 Å². The molecule has 1 saturated carbocycles. The lowest BCUT2D eigenvalue weighted by Gasteiger charge is -2.27. The number of hydrogen-bond donors (Lipinski definition) is 2. The summed E-state index contributed by atoms with van der Waals surface area (Å²) in [7, 11) is 3.80. The summed E-state index contributed by atoms with van der Waals surface area (Å²) in [4.78, 5) is 29.0. The smallest absolute Gasteiger partial charge is 0.322 e. The summed E-state index contributed by atoms with van der Waals surface area (Å²) in [5.74, 6) is -0.750. The van der Waals surface area contributed by atoms with Crippen LogP contribution in [0.15, 0.2) is 66.7 Å². The van der Waals surface area contributed by atoms with Crippen molar-refractivity contribution in [3.63, 3.8) is 0 Å². The van der Waals surface area contributed by atoms with Crippen molar-refractivity contribution in [1.82, 2.24) is 4.90 Å². The van der Waals surface area contributed by atoms with E-state index in [4.69, 9.17) is 0 Å². The maximum Gasteiger partial charge on any atom is 0.322 e. The molecule has 1 aliphatic rings. The van der Waals surface area contributed by atoms with Crippen molar-refractivity contribution in [3.05, 3.63) is 89.5 Å². The molecule has 6 nitrogen and oxygen atoms in total. The van der Waals surface area contributed by atoms with Gasteiger partial charge in [0.1, 0.15) is 11.6 Å². The first-order valence-corrected chi connectivity index (χ1v) is 11.5. The third kappa shape index (κ3) is 6.56. The zero-order chi connectivity index (χ0) is 24.9. The number of anilines is 3. The van der Waals surface area contributed by atoms with Crippen molar-refractivity contribution in [3.8, 4) is 0 Å². The van der Waals surface area contributed by atoms with E-state index in [1.54, 1.807) is 23.1 Å². The molecule has 1 aliphatic carbocycles. The Morgan fingerprint density at radius 2 is 1.57 bits per heavy atom. The molecule has 0 aliphatic heterocycles. The van der Waals surface area contributed by atoms with Crippen LogP contribution in [0.2, 0.25) is 0 Å². The van der Waals surface area contributed by atoms with Crippen LogP contribution in [0.3, 0.4) is 0 Å². The molecule has 0 aromatic heterocycles. The molecule has 4 rings (SSSR count). The van der Waals surface area contributed by atoms with E-state index in [2.05, 4.69) is 10.6 Å². The van der Waals surface area contributed by atoms with Crippen LogP contribution in [0.25, 0.3) is 0 Å². The molecule has 35 heavy (non-hydrogen) atoms. The highest BCUT2D eigenvalue weighted by Gasteiger charge is 2.29. The molecule has 0 unspecified atom stereocenters. The van der Waals surface area contributed by atoms with E-state index in [1.807, 2.05) is 37.2 Å². The molecule has 8 heteroatoms. The Kier molecular flexibility index (Phi) is 7.29. The van der Waals surface area contributed by atoms with E-state index >= 15 is 0 Å². The number of benzene rings is 3. The molecule has 3 aromatic carbocycles. The summed E-state index contributed by atoms with van der Waals surface area (Å²) in [5.41, 5.74) is 3.44. The zero-order valence-corrected chi connectivity index (χ0v) is 19.7. The quantitative estimate of drug-likeness (QED) is 0.442. The fourth-order valence-corrected chi connectivity index (χ4v) is 3.80. The van der Waals surface area contributed by atoms with Crippen molar-refractivity contribution >= 4 is 29.0 Å². The lowest BCUT2D eigenvalue weighted by atomic mass is 10.1. The summed E-state index contributed by atoms with van der Waals surface area (Å²) in [6.45, 7) is 0.409. The first-order valence-electron chi connectivity index (χ1n) is 11.5. The third-order valence-electron chi connectivity index (χ3n) is 5.79. The minimum Gasteiger partial charge on any atom is -0.377 e. The Bertz CT molecular complexity index is 1210. The summed E-state index contributed by atoms with van der Waals surface area (Å²) >= 11 is 0. The van der Waals surface area contributed by atoms with Gasteiger partial charge in [0.2, 0.25) is 5.91 Å². The highest BCUT2D eigenvalue weighted by atomic mass is 19.1. The highest BCUT2D eigenvalue weighted by Crippen LogP contribution is 2.31. The van der Waals surface area contributed by atoms with Crippen LogP contribution in [0.4, 0.5) is 30.6 Å². The van der Waals surface area contributed by atoms with Crippen LogP contribution in [0.1, 0.15) is 24.0 Å². The second kappa shape index (κ2) is 10.5. The van der Waals surface area contributed by atoms with Gasteiger partial charge in [0.25, 0.3) is 0 Å². The molecular formula is C27H28F2N4O2.